The van der Waals surface area contributed by atoms with E-state index >= 15 is 0 Å². The molecule has 3 aromatic carbocycles. The first-order valence-electron chi connectivity index (χ1n) is 10.3. The van der Waals surface area contributed by atoms with E-state index in [1.54, 1.807) is 33.5 Å². The highest BCUT2D eigenvalue weighted by atomic mass is 16.5. The lowest BCUT2D eigenvalue weighted by Gasteiger charge is -2.15. The summed E-state index contributed by atoms with van der Waals surface area (Å²) in [6, 6.07) is 19.2. The number of anilines is 3. The van der Waals surface area contributed by atoms with Gasteiger partial charge in [-0.15, -0.1) is 0 Å². The Morgan fingerprint density at radius 1 is 0.875 bits per heavy atom. The molecule has 168 valence electrons. The molecule has 1 amide bonds. The van der Waals surface area contributed by atoms with E-state index in [0.29, 0.717) is 48.0 Å². The average molecular weight is 436 g/mol. The highest BCUT2D eigenvalue weighted by molar-refractivity contribution is 5.93. The van der Waals surface area contributed by atoms with Crippen LogP contribution in [0.5, 0.6) is 17.2 Å². The standard InChI is InChI=1S/C25H29N3O4/c1-30-22-14-19(15-23(31-2)25(22)32-3)27-16-18-10-8-17(9-11-18)12-13-24(29)28-21-7-5-4-6-20(21)26/h4-11,14-15,27H,12-13,16,26H2,1-3H3,(H,28,29). The Hall–Kier alpha value is -3.87. The number of aryl methyl sites for hydroxylation is 1. The van der Waals surface area contributed by atoms with Crippen molar-refractivity contribution in [2.24, 2.45) is 0 Å². The van der Waals surface area contributed by atoms with Crippen LogP contribution in [0, 0.1) is 0 Å². The summed E-state index contributed by atoms with van der Waals surface area (Å²) in [6.07, 6.45) is 1.04. The van der Waals surface area contributed by atoms with Crippen molar-refractivity contribution in [1.29, 1.82) is 0 Å². The maximum Gasteiger partial charge on any atom is 0.224 e. The molecule has 0 fully saturated rings. The molecule has 0 atom stereocenters. The van der Waals surface area contributed by atoms with Crippen LogP contribution in [-0.4, -0.2) is 27.2 Å². The fourth-order valence-electron chi connectivity index (χ4n) is 3.29. The SMILES string of the molecule is COc1cc(NCc2ccc(CCC(=O)Nc3ccccc3N)cc2)cc(OC)c1OC. The Bertz CT molecular complexity index is 1030. The molecule has 0 unspecified atom stereocenters. The molecule has 32 heavy (non-hydrogen) atoms. The van der Waals surface area contributed by atoms with Crippen LogP contribution < -0.4 is 30.6 Å². The van der Waals surface area contributed by atoms with Gasteiger partial charge in [-0.25, -0.2) is 0 Å². The molecular formula is C25H29N3O4. The molecule has 7 nitrogen and oxygen atoms in total. The molecule has 0 radical (unpaired) electrons. The van der Waals surface area contributed by atoms with Crippen molar-refractivity contribution in [3.05, 3.63) is 71.8 Å². The number of nitrogens with two attached hydrogens (primary N) is 1. The highest BCUT2D eigenvalue weighted by Gasteiger charge is 2.13. The number of hydrogen-bond acceptors (Lipinski definition) is 6. The third-order valence-electron chi connectivity index (χ3n) is 5.06. The van der Waals surface area contributed by atoms with E-state index in [1.165, 1.54) is 0 Å². The maximum absolute atomic E-state index is 12.2. The van der Waals surface area contributed by atoms with Crippen molar-refractivity contribution in [2.45, 2.75) is 19.4 Å². The monoisotopic (exact) mass is 435 g/mol. The molecule has 0 saturated heterocycles. The van der Waals surface area contributed by atoms with Crippen LogP contribution in [-0.2, 0) is 17.8 Å². The molecule has 0 heterocycles. The van der Waals surface area contributed by atoms with Crippen molar-refractivity contribution in [3.8, 4) is 17.2 Å². The number of rotatable bonds is 10. The van der Waals surface area contributed by atoms with Crippen molar-refractivity contribution >= 4 is 23.0 Å². The molecule has 0 bridgehead atoms. The van der Waals surface area contributed by atoms with Gasteiger partial charge in [0.2, 0.25) is 11.7 Å². The number of nitrogens with one attached hydrogen (secondary N) is 2. The quantitative estimate of drug-likeness (QED) is 0.407. The number of amides is 1. The Morgan fingerprint density at radius 3 is 2.09 bits per heavy atom. The first kappa shape index (κ1) is 22.8. The summed E-state index contributed by atoms with van der Waals surface area (Å²) in [5.74, 6) is 1.69. The minimum Gasteiger partial charge on any atom is -0.493 e. The summed E-state index contributed by atoms with van der Waals surface area (Å²) in [6.45, 7) is 0.632. The lowest BCUT2D eigenvalue weighted by atomic mass is 10.1. The Morgan fingerprint density at radius 2 is 1.50 bits per heavy atom. The van der Waals surface area contributed by atoms with Gasteiger partial charge in [-0.2, -0.15) is 0 Å². The molecule has 0 aliphatic heterocycles. The summed E-state index contributed by atoms with van der Waals surface area (Å²) in [5.41, 5.74) is 10.1. The molecule has 0 aliphatic rings. The Labute approximate surface area is 188 Å². The summed E-state index contributed by atoms with van der Waals surface area (Å²) in [5, 5.41) is 6.23. The van der Waals surface area contributed by atoms with Gasteiger partial charge in [0.15, 0.2) is 11.5 Å². The second-order valence-corrected chi connectivity index (χ2v) is 7.22. The second kappa shape index (κ2) is 10.9. The smallest absolute Gasteiger partial charge is 0.224 e. The molecule has 3 aromatic rings. The number of methoxy groups -OCH3 is 3. The number of benzene rings is 3. The molecule has 0 aliphatic carbocycles. The number of para-hydroxylation sites is 2. The van der Waals surface area contributed by atoms with Crippen molar-refractivity contribution < 1.29 is 19.0 Å². The van der Waals surface area contributed by atoms with Crippen LogP contribution in [0.15, 0.2) is 60.7 Å². The second-order valence-electron chi connectivity index (χ2n) is 7.22. The van der Waals surface area contributed by atoms with Gasteiger partial charge < -0.3 is 30.6 Å². The number of hydrogen-bond donors (Lipinski definition) is 3. The Balaban J connectivity index is 1.54. The van der Waals surface area contributed by atoms with Gasteiger partial charge in [0.05, 0.1) is 32.7 Å². The van der Waals surface area contributed by atoms with Crippen LogP contribution in [0.25, 0.3) is 0 Å². The predicted octanol–water partition coefficient (Wildman–Crippen LogP) is 4.48. The minimum absolute atomic E-state index is 0.0592. The molecular weight excluding hydrogens is 406 g/mol. The summed E-state index contributed by atoms with van der Waals surface area (Å²) < 4.78 is 16.1. The number of ether oxygens (including phenoxy) is 3. The van der Waals surface area contributed by atoms with Gasteiger partial charge in [-0.3, -0.25) is 4.79 Å². The summed E-state index contributed by atoms with van der Waals surface area (Å²) >= 11 is 0. The van der Waals surface area contributed by atoms with E-state index in [1.807, 2.05) is 48.5 Å². The normalized spacial score (nSPS) is 10.3. The summed E-state index contributed by atoms with van der Waals surface area (Å²) in [4.78, 5) is 12.2. The molecule has 0 aromatic heterocycles. The molecule has 4 N–H and O–H groups in total. The summed E-state index contributed by atoms with van der Waals surface area (Å²) in [7, 11) is 4.76. The molecule has 7 heteroatoms. The zero-order chi connectivity index (χ0) is 22.9. The van der Waals surface area contributed by atoms with Crippen LogP contribution in [0.1, 0.15) is 17.5 Å². The average Bonchev–Trinajstić information content (AvgIpc) is 2.82. The third kappa shape index (κ3) is 5.85. The Kier molecular flexibility index (Phi) is 7.80. The van der Waals surface area contributed by atoms with E-state index in [2.05, 4.69) is 10.6 Å². The fraction of sp³-hybridized carbons (Fsp3) is 0.240. The van der Waals surface area contributed by atoms with Gasteiger partial charge in [-0.1, -0.05) is 36.4 Å². The fourth-order valence-corrected chi connectivity index (χ4v) is 3.29. The highest BCUT2D eigenvalue weighted by Crippen LogP contribution is 2.40. The first-order valence-corrected chi connectivity index (χ1v) is 10.3. The topological polar surface area (TPSA) is 94.8 Å². The van der Waals surface area contributed by atoms with Gasteiger partial charge in [-0.05, 0) is 29.7 Å². The zero-order valence-corrected chi connectivity index (χ0v) is 18.6. The zero-order valence-electron chi connectivity index (χ0n) is 18.6. The van der Waals surface area contributed by atoms with Crippen molar-refractivity contribution in [1.82, 2.24) is 0 Å². The number of carbonyl (C=O) groups excluding carboxylic acids is 1. The van der Waals surface area contributed by atoms with Crippen molar-refractivity contribution in [3.63, 3.8) is 0 Å². The lowest BCUT2D eigenvalue weighted by Crippen LogP contribution is -2.13. The van der Waals surface area contributed by atoms with Gasteiger partial charge in [0.1, 0.15) is 0 Å². The lowest BCUT2D eigenvalue weighted by molar-refractivity contribution is -0.116. The first-order chi connectivity index (χ1) is 15.5. The van der Waals surface area contributed by atoms with Crippen molar-refractivity contribution in [2.75, 3.05) is 37.7 Å². The molecule has 0 spiro atoms. The van der Waals surface area contributed by atoms with Gasteiger partial charge in [0.25, 0.3) is 0 Å². The third-order valence-corrected chi connectivity index (χ3v) is 5.06. The van der Waals surface area contributed by atoms with Crippen LogP contribution in [0.3, 0.4) is 0 Å². The van der Waals surface area contributed by atoms with Gasteiger partial charge in [0, 0.05) is 30.8 Å². The van der Waals surface area contributed by atoms with E-state index < -0.39 is 0 Å². The van der Waals surface area contributed by atoms with E-state index in [0.717, 1.165) is 16.8 Å². The minimum atomic E-state index is -0.0592. The molecule has 3 rings (SSSR count). The van der Waals surface area contributed by atoms with E-state index in [4.69, 9.17) is 19.9 Å². The number of nitrogen functional groups attached to an aromatic ring is 1. The molecule has 0 saturated carbocycles. The van der Waals surface area contributed by atoms with Gasteiger partial charge >= 0.3 is 0 Å². The van der Waals surface area contributed by atoms with Crippen LogP contribution in [0.4, 0.5) is 17.1 Å². The van der Waals surface area contributed by atoms with E-state index in [9.17, 15) is 4.79 Å². The maximum atomic E-state index is 12.2. The van der Waals surface area contributed by atoms with E-state index in [-0.39, 0.29) is 5.91 Å². The van der Waals surface area contributed by atoms with Crippen LogP contribution in [0.2, 0.25) is 0 Å². The predicted molar refractivity (Wildman–Crippen MR) is 128 cm³/mol. The largest absolute Gasteiger partial charge is 0.493 e. The number of carbonyl (C=O) groups is 1. The van der Waals surface area contributed by atoms with Crippen LogP contribution >= 0.6 is 0 Å².